The summed E-state index contributed by atoms with van der Waals surface area (Å²) in [4.78, 5) is 22.1. The van der Waals surface area contributed by atoms with Gasteiger partial charge in [-0.2, -0.15) is 5.10 Å². The molecule has 0 aliphatic heterocycles. The third-order valence-electron chi connectivity index (χ3n) is 1.87. The molecule has 1 rings (SSSR count). The van der Waals surface area contributed by atoms with Crippen LogP contribution in [-0.2, 0) is 20.8 Å². The summed E-state index contributed by atoms with van der Waals surface area (Å²) in [7, 11) is 2.60. The molecule has 0 unspecified atom stereocenters. The van der Waals surface area contributed by atoms with Gasteiger partial charge in [0.15, 0.2) is 0 Å². The van der Waals surface area contributed by atoms with Gasteiger partial charge in [-0.3, -0.25) is 9.48 Å². The van der Waals surface area contributed by atoms with Gasteiger partial charge in [-0.25, -0.2) is 4.79 Å². The molecule has 1 aromatic rings. The van der Waals surface area contributed by atoms with Crippen molar-refractivity contribution in [3.05, 3.63) is 18.0 Å². The molecule has 0 saturated heterocycles. The van der Waals surface area contributed by atoms with Gasteiger partial charge in [0, 0.05) is 6.20 Å². The SMILES string of the molecule is COC(=O)CCn1nccc1C(=O)OC. The molecule has 82 valence electrons. The molecule has 0 fully saturated rings. The molecule has 0 saturated carbocycles. The quantitative estimate of drug-likeness (QED) is 0.668. The van der Waals surface area contributed by atoms with E-state index >= 15 is 0 Å². The van der Waals surface area contributed by atoms with Gasteiger partial charge in [-0.05, 0) is 6.07 Å². The molecule has 1 heterocycles. The number of esters is 2. The van der Waals surface area contributed by atoms with Crippen molar-refractivity contribution in [3.63, 3.8) is 0 Å². The van der Waals surface area contributed by atoms with E-state index in [1.807, 2.05) is 0 Å². The lowest BCUT2D eigenvalue weighted by Crippen LogP contribution is -2.14. The minimum absolute atomic E-state index is 0.169. The fourth-order valence-electron chi connectivity index (χ4n) is 1.09. The number of methoxy groups -OCH3 is 2. The van der Waals surface area contributed by atoms with Crippen LogP contribution in [0.2, 0.25) is 0 Å². The molecule has 6 nitrogen and oxygen atoms in total. The molecule has 0 N–H and O–H groups in total. The third-order valence-corrected chi connectivity index (χ3v) is 1.87. The lowest BCUT2D eigenvalue weighted by molar-refractivity contribution is -0.140. The fourth-order valence-corrected chi connectivity index (χ4v) is 1.09. The van der Waals surface area contributed by atoms with Gasteiger partial charge < -0.3 is 9.47 Å². The number of carbonyl (C=O) groups is 2. The Morgan fingerprint density at radius 1 is 1.40 bits per heavy atom. The zero-order chi connectivity index (χ0) is 11.3. The topological polar surface area (TPSA) is 70.4 Å². The molecule has 0 aliphatic carbocycles. The van der Waals surface area contributed by atoms with E-state index in [0.29, 0.717) is 12.2 Å². The van der Waals surface area contributed by atoms with E-state index in [9.17, 15) is 9.59 Å². The first-order valence-corrected chi connectivity index (χ1v) is 4.36. The first-order valence-electron chi connectivity index (χ1n) is 4.36. The van der Waals surface area contributed by atoms with Gasteiger partial charge in [0.1, 0.15) is 5.69 Å². The number of aromatic nitrogens is 2. The van der Waals surface area contributed by atoms with Crippen molar-refractivity contribution in [2.24, 2.45) is 0 Å². The molecule has 0 spiro atoms. The van der Waals surface area contributed by atoms with Crippen LogP contribution >= 0.6 is 0 Å². The second-order valence-electron chi connectivity index (χ2n) is 2.76. The molecular formula is C9H12N2O4. The summed E-state index contributed by atoms with van der Waals surface area (Å²) in [5.41, 5.74) is 0.321. The van der Waals surface area contributed by atoms with E-state index < -0.39 is 5.97 Å². The number of rotatable bonds is 4. The molecular weight excluding hydrogens is 200 g/mol. The van der Waals surface area contributed by atoms with Crippen molar-refractivity contribution in [2.45, 2.75) is 13.0 Å². The van der Waals surface area contributed by atoms with E-state index in [1.165, 1.54) is 31.2 Å². The van der Waals surface area contributed by atoms with Crippen molar-refractivity contribution < 1.29 is 19.1 Å². The maximum Gasteiger partial charge on any atom is 0.356 e. The predicted octanol–water partition coefficient (Wildman–Crippen LogP) is 0.233. The molecule has 6 heteroatoms. The standard InChI is InChI=1S/C9H12N2O4/c1-14-8(12)4-6-11-7(3-5-10-11)9(13)15-2/h3,5H,4,6H2,1-2H3. The summed E-state index contributed by atoms with van der Waals surface area (Å²) in [6.07, 6.45) is 1.64. The summed E-state index contributed by atoms with van der Waals surface area (Å²) >= 11 is 0. The zero-order valence-corrected chi connectivity index (χ0v) is 8.60. The minimum Gasteiger partial charge on any atom is -0.469 e. The highest BCUT2D eigenvalue weighted by atomic mass is 16.5. The fraction of sp³-hybridized carbons (Fsp3) is 0.444. The van der Waals surface area contributed by atoms with E-state index in [-0.39, 0.29) is 12.4 Å². The molecule has 0 aliphatic rings. The summed E-state index contributed by atoms with van der Waals surface area (Å²) in [5, 5.41) is 3.90. The van der Waals surface area contributed by atoms with Gasteiger partial charge in [0.25, 0.3) is 0 Å². The Kier molecular flexibility index (Phi) is 3.84. The highest BCUT2D eigenvalue weighted by molar-refractivity contribution is 5.87. The van der Waals surface area contributed by atoms with Gasteiger partial charge in [0.2, 0.25) is 0 Å². The predicted molar refractivity (Wildman–Crippen MR) is 50.2 cm³/mol. The van der Waals surface area contributed by atoms with Crippen LogP contribution in [0.5, 0.6) is 0 Å². The molecule has 0 aromatic carbocycles. The van der Waals surface area contributed by atoms with Gasteiger partial charge >= 0.3 is 11.9 Å². The Hall–Kier alpha value is -1.85. The van der Waals surface area contributed by atoms with Crippen LogP contribution in [0.4, 0.5) is 0 Å². The number of carbonyl (C=O) groups excluding carboxylic acids is 2. The average Bonchev–Trinajstić information content (AvgIpc) is 2.72. The molecule has 0 amide bonds. The molecule has 0 bridgehead atoms. The van der Waals surface area contributed by atoms with E-state index in [0.717, 1.165) is 0 Å². The van der Waals surface area contributed by atoms with E-state index in [1.54, 1.807) is 0 Å². The Bertz CT molecular complexity index is 359. The highest BCUT2D eigenvalue weighted by Crippen LogP contribution is 2.02. The van der Waals surface area contributed by atoms with Crippen molar-refractivity contribution >= 4 is 11.9 Å². The van der Waals surface area contributed by atoms with Crippen LogP contribution in [0.25, 0.3) is 0 Å². The Balaban J connectivity index is 2.65. The monoisotopic (exact) mass is 212 g/mol. The van der Waals surface area contributed by atoms with Gasteiger partial charge in [0.05, 0.1) is 27.2 Å². The van der Waals surface area contributed by atoms with Gasteiger partial charge in [-0.15, -0.1) is 0 Å². The Labute approximate surface area is 86.8 Å². The van der Waals surface area contributed by atoms with Crippen molar-refractivity contribution in [2.75, 3.05) is 14.2 Å². The summed E-state index contributed by atoms with van der Waals surface area (Å²) in [6, 6.07) is 1.53. The van der Waals surface area contributed by atoms with Crippen LogP contribution in [0.15, 0.2) is 12.3 Å². The third kappa shape index (κ3) is 2.80. The number of hydrogen-bond acceptors (Lipinski definition) is 5. The number of aryl methyl sites for hydroxylation is 1. The van der Waals surface area contributed by atoms with E-state index in [2.05, 4.69) is 14.6 Å². The van der Waals surface area contributed by atoms with Gasteiger partial charge in [-0.1, -0.05) is 0 Å². The normalized spacial score (nSPS) is 9.73. The van der Waals surface area contributed by atoms with Crippen molar-refractivity contribution in [3.8, 4) is 0 Å². The lowest BCUT2D eigenvalue weighted by atomic mass is 10.4. The van der Waals surface area contributed by atoms with Crippen LogP contribution in [0.1, 0.15) is 16.9 Å². The summed E-state index contributed by atoms with van der Waals surface area (Å²) in [6.45, 7) is 0.296. The number of ether oxygens (including phenoxy) is 2. The van der Waals surface area contributed by atoms with Crippen LogP contribution in [0, 0.1) is 0 Å². The van der Waals surface area contributed by atoms with Crippen LogP contribution in [0.3, 0.4) is 0 Å². The number of hydrogen-bond donors (Lipinski definition) is 0. The molecule has 1 aromatic heterocycles. The Morgan fingerprint density at radius 2 is 2.13 bits per heavy atom. The summed E-state index contributed by atoms with van der Waals surface area (Å²) in [5.74, 6) is -0.821. The molecule has 0 radical (unpaired) electrons. The lowest BCUT2D eigenvalue weighted by Gasteiger charge is -2.04. The van der Waals surface area contributed by atoms with E-state index in [4.69, 9.17) is 0 Å². The summed E-state index contributed by atoms with van der Waals surface area (Å²) < 4.78 is 10.4. The first kappa shape index (κ1) is 11.2. The Morgan fingerprint density at radius 3 is 2.73 bits per heavy atom. The van der Waals surface area contributed by atoms with Crippen molar-refractivity contribution in [1.82, 2.24) is 9.78 Å². The first-order chi connectivity index (χ1) is 7.19. The minimum atomic E-state index is -0.475. The average molecular weight is 212 g/mol. The number of nitrogens with zero attached hydrogens (tertiary/aromatic N) is 2. The van der Waals surface area contributed by atoms with Crippen LogP contribution in [-0.4, -0.2) is 35.9 Å². The zero-order valence-electron chi connectivity index (χ0n) is 8.60. The molecule has 0 atom stereocenters. The van der Waals surface area contributed by atoms with Crippen molar-refractivity contribution in [1.29, 1.82) is 0 Å². The second-order valence-corrected chi connectivity index (χ2v) is 2.76. The smallest absolute Gasteiger partial charge is 0.356 e. The maximum absolute atomic E-state index is 11.2. The molecule has 15 heavy (non-hydrogen) atoms. The maximum atomic E-state index is 11.2. The van der Waals surface area contributed by atoms with Crippen LogP contribution < -0.4 is 0 Å². The largest absolute Gasteiger partial charge is 0.469 e. The second kappa shape index (κ2) is 5.14. The highest BCUT2D eigenvalue weighted by Gasteiger charge is 2.12.